The van der Waals surface area contributed by atoms with E-state index in [2.05, 4.69) is 53.0 Å². The molecule has 1 N–H and O–H groups in total. The van der Waals surface area contributed by atoms with E-state index in [1.165, 1.54) is 17.3 Å². The number of amides is 1. The number of thioether (sulfide) groups is 1. The van der Waals surface area contributed by atoms with Crippen LogP contribution in [-0.2, 0) is 11.3 Å². The number of carbonyl (C=O) groups is 1. The predicted molar refractivity (Wildman–Crippen MR) is 93.8 cm³/mol. The van der Waals surface area contributed by atoms with Gasteiger partial charge in [0.2, 0.25) is 5.91 Å². The molecule has 5 nitrogen and oxygen atoms in total. The van der Waals surface area contributed by atoms with Crippen molar-refractivity contribution in [2.45, 2.75) is 38.4 Å². The van der Waals surface area contributed by atoms with E-state index in [4.69, 9.17) is 0 Å². The number of nitrogens with zero attached hydrogens (tertiary/aromatic N) is 3. The zero-order valence-corrected chi connectivity index (χ0v) is 16.3. The van der Waals surface area contributed by atoms with Crippen LogP contribution in [0.2, 0.25) is 0 Å². The summed E-state index contributed by atoms with van der Waals surface area (Å²) in [5, 5.41) is 12.0. The molecule has 1 aromatic heterocycles. The second-order valence-electron chi connectivity index (χ2n) is 5.39. The van der Waals surface area contributed by atoms with Crippen LogP contribution in [0.25, 0.3) is 0 Å². The average molecular weight is 332 g/mol. The van der Waals surface area contributed by atoms with Crippen molar-refractivity contribution in [3.05, 3.63) is 29.8 Å². The van der Waals surface area contributed by atoms with Gasteiger partial charge >= 0.3 is 16.3 Å². The van der Waals surface area contributed by atoms with Crippen LogP contribution in [-0.4, -0.2) is 42.7 Å². The fourth-order valence-electron chi connectivity index (χ4n) is 2.11. The molecule has 2 rings (SSSR count). The third-order valence-electron chi connectivity index (χ3n) is 3.41. The molecule has 2 aromatic rings. The molecule has 0 aliphatic rings. The maximum atomic E-state index is 12.0. The number of nitrogens with one attached hydrogen (secondary N) is 1. The molecule has 0 atom stereocenters. The fraction of sp³-hybridized carbons (Fsp3) is 0.400. The molecule has 0 spiro atoms. The molecule has 116 valence electrons. The van der Waals surface area contributed by atoms with Gasteiger partial charge in [-0.25, -0.2) is 0 Å². The van der Waals surface area contributed by atoms with Gasteiger partial charge in [0, 0.05) is 16.9 Å². The van der Waals surface area contributed by atoms with Crippen molar-refractivity contribution in [1.29, 1.82) is 0 Å². The fourth-order valence-corrected chi connectivity index (χ4v) is 3.75. The molecule has 7 heteroatoms. The number of aromatic nitrogens is 3. The molecule has 1 heterocycles. The lowest BCUT2D eigenvalue weighted by Crippen LogP contribution is -2.19. The standard InChI is InChI=1S/C15H19N4OS.Al.2H/c1-4-19-10-16-18-15(19)21-9-14(20)17-13-7-5-12(6-8-13)11(2)3;;;/h5-8,11H,4,9H2,1-3H3,(H,17,20);;;. The first-order valence-corrected chi connectivity index (χ1v) is 9.42. The Hall–Kier alpha value is -1.29. The molecule has 0 unspecified atom stereocenters. The molecule has 1 aromatic carbocycles. The SMILES string of the molecule is CCn1[c]([AlH2])nnc1SCC(=O)Nc1ccc(C(C)C)cc1. The van der Waals surface area contributed by atoms with Crippen molar-refractivity contribution in [3.8, 4) is 0 Å². The molecule has 0 bridgehead atoms. The van der Waals surface area contributed by atoms with Gasteiger partial charge in [-0.2, -0.15) is 5.10 Å². The van der Waals surface area contributed by atoms with Gasteiger partial charge in [-0.05, 0) is 30.5 Å². The Morgan fingerprint density at radius 3 is 2.59 bits per heavy atom. The first-order valence-electron chi connectivity index (χ1n) is 7.43. The summed E-state index contributed by atoms with van der Waals surface area (Å²) in [4.78, 5) is 12.0. The highest BCUT2D eigenvalue weighted by molar-refractivity contribution is 7.99. The average Bonchev–Trinajstić information content (AvgIpc) is 2.85. The number of benzene rings is 1. The number of rotatable bonds is 6. The van der Waals surface area contributed by atoms with Crippen LogP contribution in [0.15, 0.2) is 29.4 Å². The van der Waals surface area contributed by atoms with E-state index in [9.17, 15) is 4.79 Å². The Kier molecular flexibility index (Phi) is 6.07. The maximum Gasteiger partial charge on any atom is 0.321 e. The summed E-state index contributed by atoms with van der Waals surface area (Å²) in [5.74, 6) is 0.807. The van der Waals surface area contributed by atoms with Crippen molar-refractivity contribution in [2.24, 2.45) is 0 Å². The van der Waals surface area contributed by atoms with Gasteiger partial charge in [-0.3, -0.25) is 4.79 Å². The van der Waals surface area contributed by atoms with Crippen LogP contribution < -0.4 is 10.0 Å². The van der Waals surface area contributed by atoms with Gasteiger partial charge in [0.05, 0.1) is 5.75 Å². The zero-order chi connectivity index (χ0) is 16.1. The van der Waals surface area contributed by atoms with Crippen molar-refractivity contribution < 1.29 is 4.79 Å². The summed E-state index contributed by atoms with van der Waals surface area (Å²) in [6.07, 6.45) is 0. The molecular formula is C15H21AlN4OS. The third kappa shape index (κ3) is 4.36. The minimum Gasteiger partial charge on any atom is -0.325 e. The van der Waals surface area contributed by atoms with E-state index in [0.717, 1.165) is 38.4 Å². The van der Waals surface area contributed by atoms with Crippen LogP contribution in [0.1, 0.15) is 32.3 Å². The topological polar surface area (TPSA) is 59.8 Å². The number of hydrogen-bond donors (Lipinski definition) is 1. The van der Waals surface area contributed by atoms with Crippen molar-refractivity contribution in [3.63, 3.8) is 0 Å². The van der Waals surface area contributed by atoms with Gasteiger partial charge < -0.3 is 9.88 Å². The van der Waals surface area contributed by atoms with Gasteiger partial charge in [-0.1, -0.05) is 37.7 Å². The van der Waals surface area contributed by atoms with Crippen LogP contribution in [0.3, 0.4) is 0 Å². The Morgan fingerprint density at radius 2 is 2.00 bits per heavy atom. The quantitative estimate of drug-likeness (QED) is 0.642. The first kappa shape index (κ1) is 17.1. The van der Waals surface area contributed by atoms with Crippen LogP contribution in [0, 0.1) is 0 Å². The minimum atomic E-state index is -0.0251. The molecule has 0 fully saturated rings. The third-order valence-corrected chi connectivity index (χ3v) is 5.12. The molecule has 0 saturated heterocycles. The Bertz CT molecular complexity index is 639. The predicted octanol–water partition coefficient (Wildman–Crippen LogP) is 1.41. The van der Waals surface area contributed by atoms with Gasteiger partial charge in [0.25, 0.3) is 0 Å². The molecule has 0 aliphatic heterocycles. The highest BCUT2D eigenvalue weighted by Gasteiger charge is 2.10. The summed E-state index contributed by atoms with van der Waals surface area (Å²) < 4.78 is 3.07. The Morgan fingerprint density at radius 1 is 1.32 bits per heavy atom. The van der Waals surface area contributed by atoms with Crippen molar-refractivity contribution in [2.75, 3.05) is 11.1 Å². The lowest BCUT2D eigenvalue weighted by molar-refractivity contribution is -0.113. The lowest BCUT2D eigenvalue weighted by atomic mass is 10.0. The summed E-state index contributed by atoms with van der Waals surface area (Å²) in [6.45, 7) is 7.20. The summed E-state index contributed by atoms with van der Waals surface area (Å²) in [6, 6.07) is 7.99. The van der Waals surface area contributed by atoms with E-state index in [1.807, 2.05) is 12.1 Å². The van der Waals surface area contributed by atoms with Crippen molar-refractivity contribution in [1.82, 2.24) is 14.8 Å². The first-order chi connectivity index (χ1) is 10.5. The largest absolute Gasteiger partial charge is 0.325 e. The highest BCUT2D eigenvalue weighted by atomic mass is 32.2. The van der Waals surface area contributed by atoms with Crippen LogP contribution >= 0.6 is 11.8 Å². The maximum absolute atomic E-state index is 12.0. The van der Waals surface area contributed by atoms with Gasteiger partial charge in [0.15, 0.2) is 5.16 Å². The second-order valence-corrected chi connectivity index (χ2v) is 7.22. The number of anilines is 1. The Balaban J connectivity index is 1.90. The molecule has 0 saturated carbocycles. The Labute approximate surface area is 143 Å². The summed E-state index contributed by atoms with van der Waals surface area (Å²) in [5.41, 5.74) is 2.10. The van der Waals surface area contributed by atoms with E-state index < -0.39 is 0 Å². The monoisotopic (exact) mass is 332 g/mol. The second kappa shape index (κ2) is 7.82. The smallest absolute Gasteiger partial charge is 0.321 e. The van der Waals surface area contributed by atoms with E-state index in [-0.39, 0.29) is 5.91 Å². The molecule has 0 aliphatic carbocycles. The number of carbonyl (C=O) groups excluding carboxylic acids is 1. The lowest BCUT2D eigenvalue weighted by Gasteiger charge is -2.09. The molecule has 22 heavy (non-hydrogen) atoms. The van der Waals surface area contributed by atoms with Crippen LogP contribution in [0.4, 0.5) is 5.69 Å². The number of hydrogen-bond acceptors (Lipinski definition) is 4. The molecular weight excluding hydrogens is 311 g/mol. The van der Waals surface area contributed by atoms with Gasteiger partial charge in [0.1, 0.15) is 0 Å². The van der Waals surface area contributed by atoms with E-state index in [1.54, 1.807) is 0 Å². The van der Waals surface area contributed by atoms with Crippen LogP contribution in [0.5, 0.6) is 0 Å². The molecule has 1 amide bonds. The minimum absolute atomic E-state index is 0.0251. The van der Waals surface area contributed by atoms with Gasteiger partial charge in [-0.15, -0.1) is 5.10 Å². The molecule has 0 radical (unpaired) electrons. The van der Waals surface area contributed by atoms with E-state index in [0.29, 0.717) is 11.7 Å². The van der Waals surface area contributed by atoms with Crippen molar-refractivity contribution >= 4 is 44.3 Å². The summed E-state index contributed by atoms with van der Waals surface area (Å²) >= 11 is 2.29. The zero-order valence-electron chi connectivity index (χ0n) is 13.5. The highest BCUT2D eigenvalue weighted by Crippen LogP contribution is 2.18. The summed E-state index contributed by atoms with van der Waals surface area (Å²) in [7, 11) is 0. The van der Waals surface area contributed by atoms with E-state index >= 15 is 0 Å². The normalized spacial score (nSPS) is 10.9.